The lowest BCUT2D eigenvalue weighted by Gasteiger charge is -2.25. The predicted molar refractivity (Wildman–Crippen MR) is 55.4 cm³/mol. The maximum Gasteiger partial charge on any atom is 0.0542 e. The van der Waals surface area contributed by atoms with Crippen molar-refractivity contribution in [2.75, 3.05) is 14.1 Å². The molecule has 3 heteroatoms. The quantitative estimate of drug-likeness (QED) is 0.704. The molecule has 0 atom stereocenters. The van der Waals surface area contributed by atoms with Crippen molar-refractivity contribution in [2.45, 2.75) is 27.7 Å². The molecule has 76 valence electrons. The van der Waals surface area contributed by atoms with E-state index in [1.807, 2.05) is 12.2 Å². The van der Waals surface area contributed by atoms with Crippen LogP contribution >= 0.6 is 0 Å². The van der Waals surface area contributed by atoms with Crippen molar-refractivity contribution in [1.29, 1.82) is 0 Å². The molecular formula is C10H21N3. The topological polar surface area (TPSA) is 18.5 Å². The Bertz CT molecular complexity index is 218. The smallest absolute Gasteiger partial charge is 0.0542 e. The third kappa shape index (κ3) is 1.80. The van der Waals surface area contributed by atoms with E-state index in [0.717, 1.165) is 0 Å². The lowest BCUT2D eigenvalue weighted by atomic mass is 10.0. The molecule has 1 heterocycles. The van der Waals surface area contributed by atoms with Crippen LogP contribution in [0.2, 0.25) is 0 Å². The van der Waals surface area contributed by atoms with Crippen LogP contribution in [0.5, 0.6) is 0 Å². The molecule has 0 aromatic heterocycles. The van der Waals surface area contributed by atoms with Crippen molar-refractivity contribution in [3.8, 4) is 0 Å². The van der Waals surface area contributed by atoms with Crippen LogP contribution in [-0.2, 0) is 0 Å². The first-order valence-electron chi connectivity index (χ1n) is 4.93. The summed E-state index contributed by atoms with van der Waals surface area (Å²) in [7, 11) is 4.13. The van der Waals surface area contributed by atoms with Crippen LogP contribution in [0, 0.1) is 11.8 Å². The number of hydrazine groups is 2. The highest BCUT2D eigenvalue weighted by molar-refractivity contribution is 5.17. The molecule has 1 rings (SSSR count). The van der Waals surface area contributed by atoms with Gasteiger partial charge in [-0.1, -0.05) is 27.7 Å². The molecule has 1 aliphatic rings. The van der Waals surface area contributed by atoms with E-state index < -0.39 is 0 Å². The molecule has 1 N–H and O–H groups in total. The van der Waals surface area contributed by atoms with E-state index in [0.29, 0.717) is 11.8 Å². The molecular weight excluding hydrogens is 162 g/mol. The summed E-state index contributed by atoms with van der Waals surface area (Å²) in [6.45, 7) is 8.90. The van der Waals surface area contributed by atoms with Gasteiger partial charge in [0.2, 0.25) is 0 Å². The monoisotopic (exact) mass is 183 g/mol. The summed E-state index contributed by atoms with van der Waals surface area (Å²) in [6.07, 6.45) is 0. The Balaban J connectivity index is 2.96. The molecule has 0 radical (unpaired) electrons. The summed E-state index contributed by atoms with van der Waals surface area (Å²) in [5.41, 5.74) is 6.12. The van der Waals surface area contributed by atoms with Crippen LogP contribution in [0.3, 0.4) is 0 Å². The second kappa shape index (κ2) is 3.58. The molecule has 0 fully saturated rings. The van der Waals surface area contributed by atoms with Gasteiger partial charge in [0, 0.05) is 14.1 Å². The van der Waals surface area contributed by atoms with E-state index in [4.69, 9.17) is 0 Å². The van der Waals surface area contributed by atoms with E-state index in [-0.39, 0.29) is 0 Å². The Morgan fingerprint density at radius 2 is 1.54 bits per heavy atom. The highest BCUT2D eigenvalue weighted by Gasteiger charge is 2.27. The van der Waals surface area contributed by atoms with E-state index in [2.05, 4.69) is 45.2 Å². The summed E-state index contributed by atoms with van der Waals surface area (Å²) < 4.78 is 0. The van der Waals surface area contributed by atoms with Crippen LogP contribution in [0.4, 0.5) is 0 Å². The van der Waals surface area contributed by atoms with Gasteiger partial charge in [-0.15, -0.1) is 5.12 Å². The van der Waals surface area contributed by atoms with Gasteiger partial charge in [0.25, 0.3) is 0 Å². The van der Waals surface area contributed by atoms with Crippen molar-refractivity contribution in [2.24, 2.45) is 11.8 Å². The molecule has 0 unspecified atom stereocenters. The fourth-order valence-corrected chi connectivity index (χ4v) is 1.75. The van der Waals surface area contributed by atoms with Gasteiger partial charge < -0.3 is 5.43 Å². The van der Waals surface area contributed by atoms with Gasteiger partial charge in [0.15, 0.2) is 0 Å². The van der Waals surface area contributed by atoms with Crippen molar-refractivity contribution >= 4 is 0 Å². The van der Waals surface area contributed by atoms with Gasteiger partial charge in [0.1, 0.15) is 0 Å². The molecule has 13 heavy (non-hydrogen) atoms. The van der Waals surface area contributed by atoms with E-state index in [1.165, 1.54) is 11.4 Å². The Kier molecular flexibility index (Phi) is 2.86. The van der Waals surface area contributed by atoms with Crippen molar-refractivity contribution in [1.82, 2.24) is 15.6 Å². The van der Waals surface area contributed by atoms with Gasteiger partial charge in [-0.25, -0.2) is 0 Å². The average molecular weight is 183 g/mol. The van der Waals surface area contributed by atoms with Crippen LogP contribution in [0.15, 0.2) is 11.4 Å². The maximum absolute atomic E-state index is 3.37. The first-order chi connectivity index (χ1) is 5.95. The second-order valence-corrected chi connectivity index (χ2v) is 4.27. The summed E-state index contributed by atoms with van der Waals surface area (Å²) in [4.78, 5) is 0. The Morgan fingerprint density at radius 3 is 1.85 bits per heavy atom. The van der Waals surface area contributed by atoms with Crippen LogP contribution in [-0.4, -0.2) is 24.2 Å². The van der Waals surface area contributed by atoms with Crippen molar-refractivity contribution in [3.63, 3.8) is 0 Å². The molecule has 0 saturated carbocycles. The largest absolute Gasteiger partial charge is 0.304 e. The molecule has 0 amide bonds. The highest BCUT2D eigenvalue weighted by Crippen LogP contribution is 2.27. The van der Waals surface area contributed by atoms with Crippen LogP contribution < -0.4 is 5.43 Å². The average Bonchev–Trinajstić information content (AvgIpc) is 2.28. The zero-order valence-corrected chi connectivity index (χ0v) is 9.55. The number of nitrogens with one attached hydrogen (secondary N) is 1. The van der Waals surface area contributed by atoms with Gasteiger partial charge in [-0.2, -0.15) is 0 Å². The SMILES string of the molecule is CC(C)C1=C(C(C)C)N(C)N(C)N1. The predicted octanol–water partition coefficient (Wildman–Crippen LogP) is 1.81. The number of hydrogen-bond donors (Lipinski definition) is 1. The summed E-state index contributed by atoms with van der Waals surface area (Å²) in [5.74, 6) is 1.13. The van der Waals surface area contributed by atoms with Gasteiger partial charge in [0.05, 0.1) is 11.4 Å². The lowest BCUT2D eigenvalue weighted by Crippen LogP contribution is -2.38. The second-order valence-electron chi connectivity index (χ2n) is 4.27. The van der Waals surface area contributed by atoms with Crippen LogP contribution in [0.1, 0.15) is 27.7 Å². The molecule has 3 nitrogen and oxygen atoms in total. The molecule has 0 aromatic carbocycles. The third-order valence-corrected chi connectivity index (χ3v) is 2.48. The Hall–Kier alpha value is -0.700. The minimum atomic E-state index is 0.560. The summed E-state index contributed by atoms with van der Waals surface area (Å²) >= 11 is 0. The third-order valence-electron chi connectivity index (χ3n) is 2.48. The minimum absolute atomic E-state index is 0.560. The molecule has 1 aliphatic heterocycles. The van der Waals surface area contributed by atoms with Gasteiger partial charge >= 0.3 is 0 Å². The van der Waals surface area contributed by atoms with E-state index in [9.17, 15) is 0 Å². The summed E-state index contributed by atoms with van der Waals surface area (Å²) in [6, 6.07) is 0. The van der Waals surface area contributed by atoms with Gasteiger partial charge in [-0.05, 0) is 11.8 Å². The first kappa shape index (κ1) is 10.4. The standard InChI is InChI=1S/C10H21N3/c1-7(2)9-10(8(3)4)12(5)13(6)11-9/h7-8,11H,1-6H3. The van der Waals surface area contributed by atoms with Gasteiger partial charge in [-0.3, -0.25) is 5.01 Å². The fourth-order valence-electron chi connectivity index (χ4n) is 1.75. The fraction of sp³-hybridized carbons (Fsp3) is 0.800. The zero-order valence-electron chi connectivity index (χ0n) is 9.55. The van der Waals surface area contributed by atoms with E-state index >= 15 is 0 Å². The van der Waals surface area contributed by atoms with Crippen molar-refractivity contribution < 1.29 is 0 Å². The molecule has 0 bridgehead atoms. The highest BCUT2D eigenvalue weighted by atomic mass is 15.8. The molecule has 0 spiro atoms. The van der Waals surface area contributed by atoms with Crippen molar-refractivity contribution in [3.05, 3.63) is 11.4 Å². The normalized spacial score (nSPS) is 19.2. The molecule has 0 saturated heterocycles. The number of hydrogen-bond acceptors (Lipinski definition) is 3. The number of nitrogens with zero attached hydrogens (tertiary/aromatic N) is 2. The number of rotatable bonds is 2. The first-order valence-corrected chi connectivity index (χ1v) is 4.93. The van der Waals surface area contributed by atoms with E-state index in [1.54, 1.807) is 0 Å². The molecule has 0 aromatic rings. The molecule has 0 aliphatic carbocycles. The lowest BCUT2D eigenvalue weighted by molar-refractivity contribution is 0.0441. The Morgan fingerprint density at radius 1 is 1.00 bits per heavy atom. The Labute approximate surface area is 81.3 Å². The zero-order chi connectivity index (χ0) is 10.2. The summed E-state index contributed by atoms with van der Waals surface area (Å²) in [5, 5.41) is 4.21. The minimum Gasteiger partial charge on any atom is -0.304 e. The number of allylic oxidation sites excluding steroid dienone is 2. The van der Waals surface area contributed by atoms with Crippen LogP contribution in [0.25, 0.3) is 0 Å². The maximum atomic E-state index is 3.37.